The van der Waals surface area contributed by atoms with Gasteiger partial charge in [0.2, 0.25) is 0 Å². The van der Waals surface area contributed by atoms with Crippen LogP contribution in [0.5, 0.6) is 11.5 Å². The molecule has 0 spiro atoms. The highest BCUT2D eigenvalue weighted by Gasteiger charge is 2.46. The normalized spacial score (nSPS) is 19.0. The maximum Gasteiger partial charge on any atom is 0.129 e. The zero-order chi connectivity index (χ0) is 40.5. The van der Waals surface area contributed by atoms with Gasteiger partial charge in [0.05, 0.1) is 53.9 Å². The van der Waals surface area contributed by atoms with Crippen molar-refractivity contribution < 1.29 is 37.9 Å². The van der Waals surface area contributed by atoms with E-state index in [1.165, 1.54) is 59.1 Å². The van der Waals surface area contributed by atoms with E-state index < -0.39 is 0 Å². The summed E-state index contributed by atoms with van der Waals surface area (Å²) < 4.78 is 46.1. The van der Waals surface area contributed by atoms with E-state index in [1.54, 1.807) is 56.9 Å². The van der Waals surface area contributed by atoms with E-state index in [4.69, 9.17) is 37.9 Å². The van der Waals surface area contributed by atoms with E-state index in [0.29, 0.717) is 57.4 Å². The largest absolute Gasteiger partial charge is 0.496 e. The van der Waals surface area contributed by atoms with Gasteiger partial charge in [0.1, 0.15) is 11.5 Å². The standard InChI is InChI=1S/C48H70O8/c1-32-35(26-49-4)20-34(21-36(32)27-50-5)33-12-14-41(15-13-33)47(2,3)42-16-18-48(19-17-42,43-22-37(28-51-6)45(55-10)38(23-43)29-52-7)44-24-39(30-53-8)46(56-11)40(25-44)31-54-9/h20-25,33,41-42H,12-19,26-31H2,1-11H3. The Morgan fingerprint density at radius 3 is 1.16 bits per heavy atom. The molecule has 56 heavy (non-hydrogen) atoms. The molecule has 3 aromatic carbocycles. The highest BCUT2D eigenvalue weighted by Crippen LogP contribution is 2.56. The van der Waals surface area contributed by atoms with E-state index in [2.05, 4.69) is 57.2 Å². The van der Waals surface area contributed by atoms with Crippen molar-refractivity contribution in [3.05, 3.63) is 92.0 Å². The van der Waals surface area contributed by atoms with E-state index in [9.17, 15) is 0 Å². The van der Waals surface area contributed by atoms with Gasteiger partial charge in [-0.2, -0.15) is 0 Å². The molecule has 0 heterocycles. The van der Waals surface area contributed by atoms with Gasteiger partial charge < -0.3 is 37.9 Å². The molecule has 0 amide bonds. The second kappa shape index (κ2) is 20.1. The molecule has 2 saturated carbocycles. The van der Waals surface area contributed by atoms with Gasteiger partial charge in [0.25, 0.3) is 0 Å². The first-order valence-electron chi connectivity index (χ1n) is 20.5. The predicted octanol–water partition coefficient (Wildman–Crippen LogP) is 10.4. The molecule has 2 aliphatic rings. The molecule has 0 saturated heterocycles. The molecule has 0 radical (unpaired) electrons. The topological polar surface area (TPSA) is 73.8 Å². The average Bonchev–Trinajstić information content (AvgIpc) is 3.20. The SMILES string of the molecule is COCc1cc(C2CCC(C(C)(C)C3CCC(c4cc(COC)c(OC)c(COC)c4)(c4cc(COC)c(OC)c(COC)c4)CC3)CC2)cc(COC)c1C. The van der Waals surface area contributed by atoms with Crippen LogP contribution in [0.2, 0.25) is 0 Å². The third-order valence-corrected chi connectivity index (χ3v) is 13.6. The minimum absolute atomic E-state index is 0.220. The van der Waals surface area contributed by atoms with Crippen molar-refractivity contribution in [3.8, 4) is 11.5 Å². The van der Waals surface area contributed by atoms with Crippen LogP contribution in [0, 0.1) is 24.2 Å². The fourth-order valence-electron chi connectivity index (χ4n) is 10.5. The fraction of sp³-hybridized carbons (Fsp3) is 0.625. The molecule has 2 aliphatic carbocycles. The Hall–Kier alpha value is -2.98. The molecule has 0 aliphatic heterocycles. The summed E-state index contributed by atoms with van der Waals surface area (Å²) in [5, 5.41) is 0. The minimum Gasteiger partial charge on any atom is -0.496 e. The second-order valence-electron chi connectivity index (χ2n) is 16.9. The van der Waals surface area contributed by atoms with Gasteiger partial charge in [-0.1, -0.05) is 26.0 Å². The number of ether oxygens (including phenoxy) is 8. The highest BCUT2D eigenvalue weighted by atomic mass is 16.5. The summed E-state index contributed by atoms with van der Waals surface area (Å²) in [6, 6.07) is 14.1. The van der Waals surface area contributed by atoms with Crippen LogP contribution in [0.1, 0.15) is 127 Å². The van der Waals surface area contributed by atoms with Gasteiger partial charge in [-0.15, -0.1) is 0 Å². The molecule has 8 nitrogen and oxygen atoms in total. The maximum atomic E-state index is 5.98. The van der Waals surface area contributed by atoms with Crippen molar-refractivity contribution in [3.63, 3.8) is 0 Å². The van der Waals surface area contributed by atoms with Crippen LogP contribution in [0.25, 0.3) is 0 Å². The molecule has 0 bridgehead atoms. The van der Waals surface area contributed by atoms with Crippen molar-refractivity contribution in [2.45, 2.75) is 123 Å². The monoisotopic (exact) mass is 775 g/mol. The highest BCUT2D eigenvalue weighted by molar-refractivity contribution is 5.54. The lowest BCUT2D eigenvalue weighted by Gasteiger charge is -2.50. The summed E-state index contributed by atoms with van der Waals surface area (Å²) in [6.07, 6.45) is 9.29. The summed E-state index contributed by atoms with van der Waals surface area (Å²) in [4.78, 5) is 0. The van der Waals surface area contributed by atoms with Crippen LogP contribution in [0.3, 0.4) is 0 Å². The summed E-state index contributed by atoms with van der Waals surface area (Å²) in [5.74, 6) is 3.54. The van der Waals surface area contributed by atoms with Crippen LogP contribution < -0.4 is 9.47 Å². The van der Waals surface area contributed by atoms with Crippen molar-refractivity contribution >= 4 is 0 Å². The van der Waals surface area contributed by atoms with E-state index in [1.807, 2.05) is 0 Å². The second-order valence-corrected chi connectivity index (χ2v) is 16.9. The van der Waals surface area contributed by atoms with Crippen LogP contribution in [0.4, 0.5) is 0 Å². The van der Waals surface area contributed by atoms with Gasteiger partial charge in [-0.3, -0.25) is 0 Å². The first-order chi connectivity index (χ1) is 27.0. The molecule has 310 valence electrons. The fourth-order valence-corrected chi connectivity index (χ4v) is 10.5. The van der Waals surface area contributed by atoms with Crippen LogP contribution in [-0.2, 0) is 73.5 Å². The smallest absolute Gasteiger partial charge is 0.129 e. The summed E-state index contributed by atoms with van der Waals surface area (Å²) >= 11 is 0. The van der Waals surface area contributed by atoms with E-state index in [-0.39, 0.29) is 10.8 Å². The quantitative estimate of drug-likeness (QED) is 0.119. The molecule has 0 N–H and O–H groups in total. The molecule has 0 unspecified atom stereocenters. The number of benzene rings is 3. The Bertz CT molecular complexity index is 1560. The first-order valence-corrected chi connectivity index (χ1v) is 20.5. The Morgan fingerprint density at radius 2 is 0.821 bits per heavy atom. The number of rotatable bonds is 19. The molecule has 2 fully saturated rings. The van der Waals surface area contributed by atoms with Gasteiger partial charge in [0, 0.05) is 70.3 Å². The van der Waals surface area contributed by atoms with Crippen molar-refractivity contribution in [1.82, 2.24) is 0 Å². The van der Waals surface area contributed by atoms with E-state index in [0.717, 1.165) is 59.4 Å². The van der Waals surface area contributed by atoms with Gasteiger partial charge in [-0.05, 0) is 139 Å². The molecular weight excluding hydrogens is 705 g/mol. The predicted molar refractivity (Wildman–Crippen MR) is 223 cm³/mol. The zero-order valence-corrected chi connectivity index (χ0v) is 36.4. The lowest BCUT2D eigenvalue weighted by Crippen LogP contribution is -2.41. The van der Waals surface area contributed by atoms with Crippen LogP contribution >= 0.6 is 0 Å². The van der Waals surface area contributed by atoms with Gasteiger partial charge in [-0.25, -0.2) is 0 Å². The molecule has 3 aromatic rings. The lowest BCUT2D eigenvalue weighted by atomic mass is 9.54. The molecular formula is C48H70O8. The third kappa shape index (κ3) is 9.32. The maximum absolute atomic E-state index is 5.98. The third-order valence-electron chi connectivity index (χ3n) is 13.6. The van der Waals surface area contributed by atoms with Crippen LogP contribution in [0.15, 0.2) is 36.4 Å². The molecule has 8 heteroatoms. The lowest BCUT2D eigenvalue weighted by molar-refractivity contribution is 0.0433. The van der Waals surface area contributed by atoms with Crippen molar-refractivity contribution in [1.29, 1.82) is 0 Å². The number of hydrogen-bond donors (Lipinski definition) is 0. The summed E-state index contributed by atoms with van der Waals surface area (Å²) in [7, 11) is 14.0. The first kappa shape index (κ1) is 44.1. The Balaban J connectivity index is 1.48. The van der Waals surface area contributed by atoms with Crippen molar-refractivity contribution in [2.24, 2.45) is 17.3 Å². The van der Waals surface area contributed by atoms with Gasteiger partial charge in [0.15, 0.2) is 0 Å². The van der Waals surface area contributed by atoms with E-state index >= 15 is 0 Å². The van der Waals surface area contributed by atoms with Crippen LogP contribution in [-0.4, -0.2) is 56.9 Å². The Labute approximate surface area is 337 Å². The Kier molecular flexibility index (Phi) is 15.9. The molecule has 0 atom stereocenters. The molecule has 0 aromatic heterocycles. The molecule has 5 rings (SSSR count). The van der Waals surface area contributed by atoms with Gasteiger partial charge >= 0.3 is 0 Å². The minimum atomic E-state index is -0.246. The Morgan fingerprint density at radius 1 is 0.482 bits per heavy atom. The average molecular weight is 775 g/mol. The van der Waals surface area contributed by atoms with Crippen molar-refractivity contribution in [2.75, 3.05) is 56.9 Å². The summed E-state index contributed by atoms with van der Waals surface area (Å²) in [5.41, 5.74) is 12.0. The number of hydrogen-bond acceptors (Lipinski definition) is 8. The number of methoxy groups -OCH3 is 8. The zero-order valence-electron chi connectivity index (χ0n) is 36.4. The summed E-state index contributed by atoms with van der Waals surface area (Å²) in [6.45, 7) is 10.4.